The summed E-state index contributed by atoms with van der Waals surface area (Å²) in [5.41, 5.74) is 2.04. The highest BCUT2D eigenvalue weighted by Crippen LogP contribution is 2.14. The fraction of sp³-hybridized carbons (Fsp3) is 0.133. The van der Waals surface area contributed by atoms with Crippen LogP contribution in [0.15, 0.2) is 42.5 Å². The van der Waals surface area contributed by atoms with E-state index in [1.165, 1.54) is 12.1 Å². The smallest absolute Gasteiger partial charge is 0.243 e. The number of nitrogens with one attached hydrogen (secondary N) is 2. The van der Waals surface area contributed by atoms with E-state index < -0.39 is 0 Å². The van der Waals surface area contributed by atoms with Crippen molar-refractivity contribution in [2.45, 2.75) is 6.92 Å². The molecule has 0 fully saturated rings. The zero-order chi connectivity index (χ0) is 14.5. The van der Waals surface area contributed by atoms with Gasteiger partial charge in [0.2, 0.25) is 5.91 Å². The largest absolute Gasteiger partial charge is 0.376 e. The molecule has 0 bridgehead atoms. The number of anilines is 2. The highest BCUT2D eigenvalue weighted by atomic mass is 35.5. The van der Waals surface area contributed by atoms with E-state index in [2.05, 4.69) is 10.6 Å². The number of carbonyl (C=O) groups is 1. The van der Waals surface area contributed by atoms with Crippen molar-refractivity contribution in [3.8, 4) is 0 Å². The van der Waals surface area contributed by atoms with E-state index in [0.717, 1.165) is 5.56 Å². The fourth-order valence-corrected chi connectivity index (χ4v) is 1.89. The molecule has 2 N–H and O–H groups in total. The molecule has 2 aromatic rings. The Hall–Kier alpha value is -2.07. The van der Waals surface area contributed by atoms with Gasteiger partial charge in [-0.05, 0) is 55.0 Å². The minimum atomic E-state index is -0.328. The third-order valence-electron chi connectivity index (χ3n) is 2.62. The van der Waals surface area contributed by atoms with Crippen molar-refractivity contribution in [1.82, 2.24) is 0 Å². The number of hydrogen-bond acceptors (Lipinski definition) is 2. The van der Waals surface area contributed by atoms with Crippen molar-refractivity contribution in [2.24, 2.45) is 0 Å². The van der Waals surface area contributed by atoms with Crippen LogP contribution in [0.5, 0.6) is 0 Å². The van der Waals surface area contributed by atoms with Gasteiger partial charge >= 0.3 is 0 Å². The lowest BCUT2D eigenvalue weighted by Crippen LogP contribution is -2.21. The summed E-state index contributed by atoms with van der Waals surface area (Å²) in [7, 11) is 0. The van der Waals surface area contributed by atoms with Gasteiger partial charge in [-0.3, -0.25) is 4.79 Å². The number of halogens is 2. The lowest BCUT2D eigenvalue weighted by molar-refractivity contribution is -0.114. The van der Waals surface area contributed by atoms with Gasteiger partial charge in [0, 0.05) is 16.4 Å². The molecule has 3 nitrogen and oxygen atoms in total. The predicted molar refractivity (Wildman–Crippen MR) is 79.7 cm³/mol. The maximum atomic E-state index is 13.2. The van der Waals surface area contributed by atoms with Crippen LogP contribution in [0, 0.1) is 12.7 Å². The molecule has 0 spiro atoms. The topological polar surface area (TPSA) is 41.1 Å². The lowest BCUT2D eigenvalue weighted by Gasteiger charge is -2.08. The molecular formula is C15H14ClFN2O. The van der Waals surface area contributed by atoms with E-state index in [-0.39, 0.29) is 18.3 Å². The van der Waals surface area contributed by atoms with E-state index >= 15 is 0 Å². The van der Waals surface area contributed by atoms with Crippen molar-refractivity contribution >= 4 is 28.9 Å². The number of rotatable bonds is 4. The molecule has 104 valence electrons. The molecular weight excluding hydrogens is 279 g/mol. The molecule has 0 aliphatic rings. The summed E-state index contributed by atoms with van der Waals surface area (Å²) < 4.78 is 13.2. The van der Waals surface area contributed by atoms with Gasteiger partial charge in [-0.15, -0.1) is 0 Å². The molecule has 5 heteroatoms. The van der Waals surface area contributed by atoms with Gasteiger partial charge in [-0.2, -0.15) is 0 Å². The zero-order valence-electron chi connectivity index (χ0n) is 10.9. The van der Waals surface area contributed by atoms with E-state index in [1.54, 1.807) is 37.3 Å². The molecule has 0 radical (unpaired) electrons. The molecule has 0 aliphatic heterocycles. The Bertz CT molecular complexity index is 594. The Morgan fingerprint density at radius 1 is 1.15 bits per heavy atom. The second-order valence-corrected chi connectivity index (χ2v) is 4.86. The molecule has 0 unspecified atom stereocenters. The summed E-state index contributed by atoms with van der Waals surface area (Å²) in [5.74, 6) is -0.542. The third-order valence-corrected chi connectivity index (χ3v) is 2.88. The van der Waals surface area contributed by atoms with Crippen LogP contribution in [-0.2, 0) is 4.79 Å². The summed E-state index contributed by atoms with van der Waals surface area (Å²) in [4.78, 5) is 11.7. The number of benzene rings is 2. The van der Waals surface area contributed by atoms with Gasteiger partial charge in [-0.25, -0.2) is 4.39 Å². The van der Waals surface area contributed by atoms with Crippen LogP contribution in [0.1, 0.15) is 5.56 Å². The van der Waals surface area contributed by atoms with Crippen molar-refractivity contribution in [3.05, 3.63) is 58.9 Å². The quantitative estimate of drug-likeness (QED) is 0.899. The van der Waals surface area contributed by atoms with Gasteiger partial charge < -0.3 is 10.6 Å². The average molecular weight is 293 g/mol. The summed E-state index contributed by atoms with van der Waals surface area (Å²) >= 11 is 5.76. The number of amides is 1. The van der Waals surface area contributed by atoms with Crippen LogP contribution < -0.4 is 10.6 Å². The highest BCUT2D eigenvalue weighted by Gasteiger charge is 2.03. The first-order chi connectivity index (χ1) is 9.52. The minimum absolute atomic E-state index is 0.0610. The number of aryl methyl sites for hydroxylation is 1. The third kappa shape index (κ3) is 4.24. The Labute approximate surface area is 121 Å². The summed E-state index contributed by atoms with van der Waals surface area (Å²) in [6.07, 6.45) is 0. The van der Waals surface area contributed by atoms with Gasteiger partial charge in [0.05, 0.1) is 6.54 Å². The summed E-state index contributed by atoms with van der Waals surface area (Å²) in [6, 6.07) is 11.4. The normalized spacial score (nSPS) is 10.2. The average Bonchev–Trinajstić information content (AvgIpc) is 2.38. The second kappa shape index (κ2) is 6.39. The summed E-state index contributed by atoms with van der Waals surface area (Å²) in [5, 5.41) is 6.20. The van der Waals surface area contributed by atoms with Crippen LogP contribution in [0.3, 0.4) is 0 Å². The SMILES string of the molecule is Cc1cc(F)cc(NCC(=O)Nc2ccc(Cl)cc2)c1. The van der Waals surface area contributed by atoms with E-state index in [4.69, 9.17) is 11.6 Å². The Balaban J connectivity index is 1.90. The van der Waals surface area contributed by atoms with Gasteiger partial charge in [-0.1, -0.05) is 11.6 Å². The predicted octanol–water partition coefficient (Wildman–Crippen LogP) is 3.84. The summed E-state index contributed by atoms with van der Waals surface area (Å²) in [6.45, 7) is 1.85. The van der Waals surface area contributed by atoms with Gasteiger partial charge in [0.1, 0.15) is 5.82 Å². The van der Waals surface area contributed by atoms with E-state index in [1.807, 2.05) is 0 Å². The number of hydrogen-bond donors (Lipinski definition) is 2. The van der Waals surface area contributed by atoms with Crippen LogP contribution in [-0.4, -0.2) is 12.5 Å². The Morgan fingerprint density at radius 2 is 1.85 bits per heavy atom. The molecule has 2 aromatic carbocycles. The molecule has 0 heterocycles. The Morgan fingerprint density at radius 3 is 2.50 bits per heavy atom. The molecule has 0 aromatic heterocycles. The number of carbonyl (C=O) groups excluding carboxylic acids is 1. The Kier molecular flexibility index (Phi) is 4.58. The van der Waals surface area contributed by atoms with E-state index in [9.17, 15) is 9.18 Å². The molecule has 20 heavy (non-hydrogen) atoms. The molecule has 2 rings (SSSR count). The van der Waals surface area contributed by atoms with Crippen molar-refractivity contribution in [1.29, 1.82) is 0 Å². The van der Waals surface area contributed by atoms with Crippen LogP contribution in [0.2, 0.25) is 5.02 Å². The molecule has 0 saturated carbocycles. The first kappa shape index (κ1) is 14.3. The van der Waals surface area contributed by atoms with Crippen molar-refractivity contribution < 1.29 is 9.18 Å². The van der Waals surface area contributed by atoms with Crippen molar-refractivity contribution in [3.63, 3.8) is 0 Å². The highest BCUT2D eigenvalue weighted by molar-refractivity contribution is 6.30. The van der Waals surface area contributed by atoms with Crippen LogP contribution in [0.4, 0.5) is 15.8 Å². The molecule has 0 aliphatic carbocycles. The molecule has 0 atom stereocenters. The monoisotopic (exact) mass is 292 g/mol. The van der Waals surface area contributed by atoms with Gasteiger partial charge in [0.15, 0.2) is 0 Å². The maximum Gasteiger partial charge on any atom is 0.243 e. The first-order valence-electron chi connectivity index (χ1n) is 6.09. The second-order valence-electron chi connectivity index (χ2n) is 4.43. The molecule has 0 saturated heterocycles. The van der Waals surface area contributed by atoms with Crippen molar-refractivity contribution in [2.75, 3.05) is 17.2 Å². The van der Waals surface area contributed by atoms with E-state index in [0.29, 0.717) is 16.4 Å². The molecule has 1 amide bonds. The van der Waals surface area contributed by atoms with Crippen LogP contribution in [0.25, 0.3) is 0 Å². The minimum Gasteiger partial charge on any atom is -0.376 e. The zero-order valence-corrected chi connectivity index (χ0v) is 11.7. The fourth-order valence-electron chi connectivity index (χ4n) is 1.76. The van der Waals surface area contributed by atoms with Gasteiger partial charge in [0.25, 0.3) is 0 Å². The maximum absolute atomic E-state index is 13.2. The van der Waals surface area contributed by atoms with Crippen LogP contribution >= 0.6 is 11.6 Å². The lowest BCUT2D eigenvalue weighted by atomic mass is 10.2. The standard InChI is InChI=1S/C15H14ClFN2O/c1-10-6-12(17)8-14(7-10)18-9-15(20)19-13-4-2-11(16)3-5-13/h2-8,18H,9H2,1H3,(H,19,20). The first-order valence-corrected chi connectivity index (χ1v) is 6.47.